The average Bonchev–Trinajstić information content (AvgIpc) is 2.56. The van der Waals surface area contributed by atoms with Crippen LogP contribution in [0.5, 0.6) is 0 Å². The zero-order valence-corrected chi connectivity index (χ0v) is 18.4. The fourth-order valence-corrected chi connectivity index (χ4v) is 3.47. The van der Waals surface area contributed by atoms with Crippen LogP contribution in [-0.4, -0.2) is 26.1 Å². The van der Waals surface area contributed by atoms with E-state index in [0.717, 1.165) is 33.2 Å². The van der Waals surface area contributed by atoms with E-state index in [9.17, 15) is 0 Å². The molecule has 1 aromatic carbocycles. The van der Waals surface area contributed by atoms with Crippen LogP contribution >= 0.6 is 0 Å². The molecule has 0 saturated carbocycles. The van der Waals surface area contributed by atoms with Gasteiger partial charge in [0.2, 0.25) is 0 Å². The van der Waals surface area contributed by atoms with E-state index < -0.39 is 16.1 Å². The molecule has 0 unspecified atom stereocenters. The van der Waals surface area contributed by atoms with E-state index in [-0.39, 0.29) is 0 Å². The van der Waals surface area contributed by atoms with Gasteiger partial charge in [-0.15, -0.1) is 11.1 Å². The summed E-state index contributed by atoms with van der Waals surface area (Å²) in [6.07, 6.45) is 0. The highest BCUT2D eigenvalue weighted by Gasteiger charge is 2.09. The Bertz CT molecular complexity index is 1020. The molecule has 0 saturated heterocycles. The van der Waals surface area contributed by atoms with Gasteiger partial charge in [0.25, 0.3) is 0 Å². The van der Waals surface area contributed by atoms with Crippen LogP contribution in [0.3, 0.4) is 0 Å². The molecule has 0 aliphatic heterocycles. The van der Waals surface area contributed by atoms with Crippen molar-refractivity contribution in [2.45, 2.75) is 39.3 Å². The van der Waals surface area contributed by atoms with Crippen molar-refractivity contribution >= 4 is 38.0 Å². The molecule has 2 aromatic heterocycles. The Morgan fingerprint density at radius 3 is 1.31 bits per heavy atom. The van der Waals surface area contributed by atoms with Gasteiger partial charge in [0.1, 0.15) is 27.5 Å². The highest BCUT2D eigenvalue weighted by molar-refractivity contribution is 6.84. The molecule has 0 spiro atoms. The maximum Gasteiger partial charge on any atom is 0.129 e. The second-order valence-electron chi connectivity index (χ2n) is 8.59. The Balaban J connectivity index is 2.06. The largest absolute Gasteiger partial charge is 0.239 e. The number of fused-ring (bicyclic) bond motifs is 3. The third-order valence-corrected chi connectivity index (χ3v) is 5.42. The normalized spacial score (nSPS) is 11.6. The van der Waals surface area contributed by atoms with Gasteiger partial charge in [0.05, 0.1) is 11.0 Å². The van der Waals surface area contributed by atoms with Crippen molar-refractivity contribution in [3.63, 3.8) is 0 Å². The van der Waals surface area contributed by atoms with E-state index in [1.54, 1.807) is 0 Å². The summed E-state index contributed by atoms with van der Waals surface area (Å²) in [6, 6.07) is 12.3. The van der Waals surface area contributed by atoms with Crippen molar-refractivity contribution in [3.05, 3.63) is 47.8 Å². The molecule has 3 aromatic rings. The van der Waals surface area contributed by atoms with Crippen molar-refractivity contribution in [2.24, 2.45) is 0 Å². The van der Waals surface area contributed by atoms with Crippen molar-refractivity contribution in [2.75, 3.05) is 0 Å². The molecule has 0 amide bonds. The molecule has 0 fully saturated rings. The van der Waals surface area contributed by atoms with Crippen molar-refractivity contribution in [3.8, 4) is 22.9 Å². The van der Waals surface area contributed by atoms with E-state index in [2.05, 4.69) is 74.3 Å². The van der Waals surface area contributed by atoms with E-state index in [1.807, 2.05) is 24.3 Å². The molecule has 26 heavy (non-hydrogen) atoms. The predicted molar refractivity (Wildman–Crippen MR) is 117 cm³/mol. The maximum absolute atomic E-state index is 4.72. The summed E-state index contributed by atoms with van der Waals surface area (Å²) >= 11 is 0. The van der Waals surface area contributed by atoms with E-state index in [0.29, 0.717) is 0 Å². The quantitative estimate of drug-likeness (QED) is 0.306. The molecule has 4 heteroatoms. The Hall–Kier alpha value is -2.41. The Morgan fingerprint density at radius 2 is 0.962 bits per heavy atom. The van der Waals surface area contributed by atoms with Gasteiger partial charge in [0.15, 0.2) is 0 Å². The van der Waals surface area contributed by atoms with E-state index >= 15 is 0 Å². The van der Waals surface area contributed by atoms with Gasteiger partial charge in [-0.1, -0.05) is 51.1 Å². The van der Waals surface area contributed by atoms with Crippen LogP contribution in [0.4, 0.5) is 0 Å². The molecule has 3 rings (SSSR count). The molecule has 0 atom stereocenters. The number of hydrogen-bond donors (Lipinski definition) is 0. The monoisotopic (exact) mass is 372 g/mol. The zero-order chi connectivity index (χ0) is 18.9. The highest BCUT2D eigenvalue weighted by atomic mass is 28.3. The summed E-state index contributed by atoms with van der Waals surface area (Å²) in [4.78, 5) is 9.44. The smallest absolute Gasteiger partial charge is 0.129 e. The number of nitrogens with zero attached hydrogens (tertiary/aromatic N) is 2. The minimum absolute atomic E-state index is 0.838. The lowest BCUT2D eigenvalue weighted by molar-refractivity contribution is 1.34. The number of rotatable bonds is 0. The summed E-state index contributed by atoms with van der Waals surface area (Å²) in [7, 11) is -2.80. The van der Waals surface area contributed by atoms with Gasteiger partial charge >= 0.3 is 0 Å². The minimum Gasteiger partial charge on any atom is -0.239 e. The third-order valence-electron chi connectivity index (χ3n) is 3.67. The standard InChI is InChI=1S/C22H24N2Si2/c1-25(2,3)15-13-17-7-9-19-20-10-8-18(14-16-26(4,5)6)24-22(20)12-11-21(19)23-17/h7-12H,1-6H3. The van der Waals surface area contributed by atoms with Gasteiger partial charge in [0, 0.05) is 10.8 Å². The Labute approximate surface area is 158 Å². The molecule has 0 radical (unpaired) electrons. The molecular formula is C22H24N2Si2. The van der Waals surface area contributed by atoms with E-state index in [1.165, 1.54) is 0 Å². The maximum atomic E-state index is 4.72. The lowest BCUT2D eigenvalue weighted by Gasteiger charge is -2.06. The van der Waals surface area contributed by atoms with Crippen LogP contribution < -0.4 is 0 Å². The van der Waals surface area contributed by atoms with Crippen molar-refractivity contribution < 1.29 is 0 Å². The lowest BCUT2D eigenvalue weighted by Crippen LogP contribution is -2.16. The van der Waals surface area contributed by atoms with Crippen LogP contribution in [0.1, 0.15) is 11.4 Å². The molecule has 2 heterocycles. The number of hydrogen-bond acceptors (Lipinski definition) is 2. The van der Waals surface area contributed by atoms with Gasteiger partial charge < -0.3 is 0 Å². The van der Waals surface area contributed by atoms with Crippen molar-refractivity contribution in [1.82, 2.24) is 9.97 Å². The summed E-state index contributed by atoms with van der Waals surface area (Å²) in [5.41, 5.74) is 10.3. The Kier molecular flexibility index (Phi) is 4.75. The average molecular weight is 373 g/mol. The fourth-order valence-electron chi connectivity index (χ4n) is 2.46. The van der Waals surface area contributed by atoms with Crippen molar-refractivity contribution in [1.29, 1.82) is 0 Å². The second-order valence-corrected chi connectivity index (χ2v) is 18.1. The molecule has 0 N–H and O–H groups in total. The van der Waals surface area contributed by atoms with Gasteiger partial charge in [-0.05, 0) is 36.4 Å². The first-order valence-corrected chi connectivity index (χ1v) is 15.9. The molecule has 130 valence electrons. The second kappa shape index (κ2) is 6.72. The first-order chi connectivity index (χ1) is 12.1. The number of pyridine rings is 2. The first-order valence-electron chi connectivity index (χ1n) is 8.88. The van der Waals surface area contributed by atoms with Crippen LogP contribution in [0.15, 0.2) is 36.4 Å². The molecule has 0 bridgehead atoms. The molecule has 0 aliphatic carbocycles. The van der Waals surface area contributed by atoms with Crippen LogP contribution in [-0.2, 0) is 0 Å². The molecule has 0 aliphatic rings. The summed E-state index contributed by atoms with van der Waals surface area (Å²) in [5, 5.41) is 2.22. The summed E-state index contributed by atoms with van der Waals surface area (Å²) < 4.78 is 0. The first kappa shape index (κ1) is 18.4. The van der Waals surface area contributed by atoms with Gasteiger partial charge in [-0.2, -0.15) is 0 Å². The molecular weight excluding hydrogens is 348 g/mol. The molecule has 2 nitrogen and oxygen atoms in total. The summed E-state index contributed by atoms with van der Waals surface area (Å²) in [6.45, 7) is 13.4. The topological polar surface area (TPSA) is 25.8 Å². The van der Waals surface area contributed by atoms with Crippen LogP contribution in [0.2, 0.25) is 39.3 Å². The lowest BCUT2D eigenvalue weighted by atomic mass is 10.1. The van der Waals surface area contributed by atoms with Crippen LogP contribution in [0, 0.1) is 22.9 Å². The highest BCUT2D eigenvalue weighted by Crippen LogP contribution is 2.23. The third kappa shape index (κ3) is 4.61. The van der Waals surface area contributed by atoms with E-state index in [4.69, 9.17) is 9.97 Å². The zero-order valence-electron chi connectivity index (χ0n) is 16.4. The van der Waals surface area contributed by atoms with Crippen LogP contribution in [0.25, 0.3) is 21.8 Å². The van der Waals surface area contributed by atoms with Gasteiger partial charge in [-0.3, -0.25) is 0 Å². The number of aromatic nitrogens is 2. The SMILES string of the molecule is C[Si](C)(C)C#Cc1ccc2c(ccc3nc(C#C[Si](C)(C)C)ccc32)n1. The fraction of sp³-hybridized carbons (Fsp3) is 0.273. The number of benzene rings is 1. The summed E-state index contributed by atoms with van der Waals surface area (Å²) in [5.74, 6) is 6.47. The predicted octanol–water partition coefficient (Wildman–Crippen LogP) is 5.24. The Morgan fingerprint density at radius 1 is 0.577 bits per heavy atom. The van der Waals surface area contributed by atoms with Gasteiger partial charge in [-0.25, -0.2) is 9.97 Å². The minimum atomic E-state index is -1.40.